The first-order chi connectivity index (χ1) is 12.8. The molecule has 0 saturated carbocycles. The van der Waals surface area contributed by atoms with Crippen LogP contribution < -0.4 is 4.74 Å². The molecule has 0 saturated heterocycles. The van der Waals surface area contributed by atoms with E-state index in [1.165, 1.54) is 0 Å². The van der Waals surface area contributed by atoms with Gasteiger partial charge in [0.1, 0.15) is 17.4 Å². The van der Waals surface area contributed by atoms with E-state index in [0.29, 0.717) is 0 Å². The number of para-hydroxylation sites is 4. The lowest BCUT2D eigenvalue weighted by molar-refractivity contribution is 0.415. The number of fused-ring (bicyclic) bond motifs is 2. The molecule has 0 radical (unpaired) electrons. The molecule has 5 aromatic rings. The molecule has 0 aliphatic heterocycles. The molecule has 0 unspecified atom stereocenters. The molecule has 3 aromatic carbocycles. The van der Waals surface area contributed by atoms with Crippen molar-refractivity contribution in [3.63, 3.8) is 0 Å². The number of hydrogen-bond acceptors (Lipinski definition) is 3. The molecule has 0 fully saturated rings. The second-order valence-corrected chi connectivity index (χ2v) is 6.16. The molecule has 2 N–H and O–H groups in total. The topological polar surface area (TPSA) is 66.6 Å². The Morgan fingerprint density at radius 2 is 1.19 bits per heavy atom. The Balaban J connectivity index is 1.68. The van der Waals surface area contributed by atoms with Gasteiger partial charge in [-0.05, 0) is 42.5 Å². The summed E-state index contributed by atoms with van der Waals surface area (Å²) in [6.45, 7) is 0. The van der Waals surface area contributed by atoms with Crippen LogP contribution in [-0.4, -0.2) is 27.0 Å². The Bertz CT molecular complexity index is 1080. The minimum atomic E-state index is 0.762. The van der Waals surface area contributed by atoms with Gasteiger partial charge in [0.2, 0.25) is 0 Å². The largest absolute Gasteiger partial charge is 0.497 e. The van der Waals surface area contributed by atoms with Crippen LogP contribution in [0.2, 0.25) is 0 Å². The molecule has 0 bridgehead atoms. The minimum Gasteiger partial charge on any atom is -0.497 e. The van der Waals surface area contributed by atoms with E-state index in [0.717, 1.165) is 50.6 Å². The summed E-state index contributed by atoms with van der Waals surface area (Å²) < 4.78 is 5.50. The second-order valence-electron chi connectivity index (χ2n) is 6.16. The fraction of sp³-hybridized carbons (Fsp3) is 0.0476. The van der Waals surface area contributed by atoms with Crippen LogP contribution in [0, 0.1) is 0 Å². The summed E-state index contributed by atoms with van der Waals surface area (Å²) in [4.78, 5) is 16.1. The molecule has 0 atom stereocenters. The van der Waals surface area contributed by atoms with Crippen molar-refractivity contribution < 1.29 is 4.74 Å². The van der Waals surface area contributed by atoms with Crippen LogP contribution in [0.1, 0.15) is 0 Å². The zero-order chi connectivity index (χ0) is 17.5. The van der Waals surface area contributed by atoms with Gasteiger partial charge in [0.25, 0.3) is 0 Å². The Morgan fingerprint density at radius 3 is 1.65 bits per heavy atom. The predicted molar refractivity (Wildman–Crippen MR) is 103 cm³/mol. The number of nitrogens with one attached hydrogen (secondary N) is 2. The first-order valence-corrected chi connectivity index (χ1v) is 8.39. The maximum absolute atomic E-state index is 5.50. The maximum Gasteiger partial charge on any atom is 0.138 e. The monoisotopic (exact) mass is 340 g/mol. The van der Waals surface area contributed by atoms with E-state index in [2.05, 4.69) is 16.0 Å². The van der Waals surface area contributed by atoms with Crippen LogP contribution in [0.25, 0.3) is 44.8 Å². The maximum atomic E-state index is 5.50. The highest BCUT2D eigenvalue weighted by Gasteiger charge is 2.12. The number of imidazole rings is 2. The van der Waals surface area contributed by atoms with Crippen molar-refractivity contribution in [2.75, 3.05) is 7.11 Å². The van der Waals surface area contributed by atoms with Gasteiger partial charge < -0.3 is 14.7 Å². The van der Waals surface area contributed by atoms with Crippen molar-refractivity contribution in [1.29, 1.82) is 0 Å². The zero-order valence-corrected chi connectivity index (χ0v) is 14.2. The molecular formula is C21H16N4O. The van der Waals surface area contributed by atoms with E-state index in [4.69, 9.17) is 14.7 Å². The van der Waals surface area contributed by atoms with Crippen LogP contribution >= 0.6 is 0 Å². The molecule has 0 aliphatic rings. The minimum absolute atomic E-state index is 0.762. The number of hydrogen-bond donors (Lipinski definition) is 2. The van der Waals surface area contributed by atoms with E-state index in [1.807, 2.05) is 60.7 Å². The molecular weight excluding hydrogens is 324 g/mol. The average molecular weight is 340 g/mol. The number of aromatic amines is 2. The smallest absolute Gasteiger partial charge is 0.138 e. The molecule has 0 amide bonds. The van der Waals surface area contributed by atoms with E-state index < -0.39 is 0 Å². The molecule has 26 heavy (non-hydrogen) atoms. The van der Waals surface area contributed by atoms with Crippen molar-refractivity contribution in [3.8, 4) is 28.5 Å². The summed E-state index contributed by atoms with van der Waals surface area (Å²) in [7, 11) is 1.67. The third kappa shape index (κ3) is 2.41. The summed E-state index contributed by atoms with van der Waals surface area (Å²) in [5, 5.41) is 0. The first kappa shape index (κ1) is 14.7. The normalized spacial score (nSPS) is 11.3. The Kier molecular flexibility index (Phi) is 3.25. The zero-order valence-electron chi connectivity index (χ0n) is 14.2. The van der Waals surface area contributed by atoms with Gasteiger partial charge in [-0.1, -0.05) is 24.3 Å². The van der Waals surface area contributed by atoms with Gasteiger partial charge in [0, 0.05) is 11.1 Å². The van der Waals surface area contributed by atoms with Crippen molar-refractivity contribution in [1.82, 2.24) is 19.9 Å². The molecule has 0 aliphatic carbocycles. The van der Waals surface area contributed by atoms with Crippen LogP contribution in [0.5, 0.6) is 5.75 Å². The SMILES string of the molecule is COc1cc(-c2nc3ccccc3[nH]2)cc(-c2nc3ccccc3[nH]2)c1. The average Bonchev–Trinajstić information content (AvgIpc) is 3.31. The van der Waals surface area contributed by atoms with Gasteiger partial charge >= 0.3 is 0 Å². The summed E-state index contributed by atoms with van der Waals surface area (Å²) >= 11 is 0. The molecule has 2 aromatic heterocycles. The molecule has 2 heterocycles. The Morgan fingerprint density at radius 1 is 0.692 bits per heavy atom. The van der Waals surface area contributed by atoms with Crippen LogP contribution in [0.15, 0.2) is 66.7 Å². The van der Waals surface area contributed by atoms with Crippen molar-refractivity contribution >= 4 is 22.1 Å². The molecule has 5 rings (SSSR count). The third-order valence-corrected chi connectivity index (χ3v) is 4.47. The molecule has 126 valence electrons. The second kappa shape index (κ2) is 5.74. The lowest BCUT2D eigenvalue weighted by atomic mass is 10.1. The number of aromatic nitrogens is 4. The van der Waals surface area contributed by atoms with Gasteiger partial charge in [0.15, 0.2) is 0 Å². The van der Waals surface area contributed by atoms with Crippen LogP contribution in [-0.2, 0) is 0 Å². The quantitative estimate of drug-likeness (QED) is 0.496. The summed E-state index contributed by atoms with van der Waals surface area (Å²) in [6, 6.07) is 22.0. The van der Waals surface area contributed by atoms with Gasteiger partial charge in [0.05, 0.1) is 29.2 Å². The van der Waals surface area contributed by atoms with Crippen LogP contribution in [0.4, 0.5) is 0 Å². The summed E-state index contributed by atoms with van der Waals surface area (Å²) in [5.41, 5.74) is 5.81. The number of benzene rings is 3. The van der Waals surface area contributed by atoms with Gasteiger partial charge in [-0.2, -0.15) is 0 Å². The van der Waals surface area contributed by atoms with E-state index >= 15 is 0 Å². The molecule has 5 heteroatoms. The van der Waals surface area contributed by atoms with Gasteiger partial charge in [-0.15, -0.1) is 0 Å². The highest BCUT2D eigenvalue weighted by atomic mass is 16.5. The summed E-state index contributed by atoms with van der Waals surface area (Å²) in [5.74, 6) is 2.38. The van der Waals surface area contributed by atoms with E-state index in [1.54, 1.807) is 7.11 Å². The van der Waals surface area contributed by atoms with E-state index in [-0.39, 0.29) is 0 Å². The number of rotatable bonds is 3. The Hall–Kier alpha value is -3.60. The van der Waals surface area contributed by atoms with E-state index in [9.17, 15) is 0 Å². The number of nitrogens with zero attached hydrogens (tertiary/aromatic N) is 2. The number of H-pyrrole nitrogens is 2. The van der Waals surface area contributed by atoms with Crippen molar-refractivity contribution in [2.24, 2.45) is 0 Å². The van der Waals surface area contributed by atoms with Crippen LogP contribution in [0.3, 0.4) is 0 Å². The molecule has 0 spiro atoms. The number of methoxy groups -OCH3 is 1. The standard InChI is InChI=1S/C21H16N4O/c1-26-15-11-13(20-22-16-6-2-3-7-17(16)23-20)10-14(12-15)21-24-18-8-4-5-9-19(18)25-21/h2-12H,1H3,(H,22,23)(H,24,25). The Labute approximate surface area is 149 Å². The highest BCUT2D eigenvalue weighted by molar-refractivity contribution is 5.82. The third-order valence-electron chi connectivity index (χ3n) is 4.47. The lowest BCUT2D eigenvalue weighted by Crippen LogP contribution is -1.89. The highest BCUT2D eigenvalue weighted by Crippen LogP contribution is 2.31. The fourth-order valence-corrected chi connectivity index (χ4v) is 3.17. The van der Waals surface area contributed by atoms with Gasteiger partial charge in [-0.3, -0.25) is 0 Å². The van der Waals surface area contributed by atoms with Crippen molar-refractivity contribution in [3.05, 3.63) is 66.7 Å². The fourth-order valence-electron chi connectivity index (χ4n) is 3.17. The van der Waals surface area contributed by atoms with Crippen molar-refractivity contribution in [2.45, 2.75) is 0 Å². The predicted octanol–water partition coefficient (Wildman–Crippen LogP) is 4.78. The lowest BCUT2D eigenvalue weighted by Gasteiger charge is -2.06. The number of ether oxygens (including phenoxy) is 1. The molecule has 5 nitrogen and oxygen atoms in total. The first-order valence-electron chi connectivity index (χ1n) is 8.39. The van der Waals surface area contributed by atoms with Gasteiger partial charge in [-0.25, -0.2) is 9.97 Å². The summed E-state index contributed by atoms with van der Waals surface area (Å²) in [6.07, 6.45) is 0.